The van der Waals surface area contributed by atoms with E-state index in [0.29, 0.717) is 11.1 Å². The minimum atomic E-state index is 0.505. The van der Waals surface area contributed by atoms with Crippen molar-refractivity contribution in [2.75, 3.05) is 5.75 Å². The van der Waals surface area contributed by atoms with Crippen LogP contribution in [0.3, 0.4) is 0 Å². The van der Waals surface area contributed by atoms with Crippen molar-refractivity contribution in [3.8, 4) is 0 Å². The van der Waals surface area contributed by atoms with Gasteiger partial charge in [0.05, 0.1) is 6.33 Å². The van der Waals surface area contributed by atoms with Gasteiger partial charge in [-0.3, -0.25) is 0 Å². The molecule has 1 aromatic carbocycles. The summed E-state index contributed by atoms with van der Waals surface area (Å²) in [5.41, 5.74) is 1.15. The van der Waals surface area contributed by atoms with Gasteiger partial charge < -0.3 is 4.57 Å². The highest BCUT2D eigenvalue weighted by molar-refractivity contribution is 7.98. The molecule has 0 aliphatic carbocycles. The Morgan fingerprint density at radius 3 is 2.82 bits per heavy atom. The molecule has 0 N–H and O–H groups in total. The number of aromatic nitrogens is 2. The van der Waals surface area contributed by atoms with Gasteiger partial charge in [-0.25, -0.2) is 4.98 Å². The molecule has 0 amide bonds. The Labute approximate surface area is 147 Å². The van der Waals surface area contributed by atoms with Crippen molar-refractivity contribution in [2.45, 2.75) is 44.4 Å². The second kappa shape index (κ2) is 9.49. The molecule has 2 rings (SSSR count). The third kappa shape index (κ3) is 5.53. The molecule has 120 valence electrons. The van der Waals surface area contributed by atoms with Gasteiger partial charge in [0.1, 0.15) is 0 Å². The zero-order chi connectivity index (χ0) is 15.8. The molecule has 0 radical (unpaired) electrons. The topological polar surface area (TPSA) is 17.8 Å². The second-order valence-electron chi connectivity index (χ2n) is 5.41. The maximum Gasteiger partial charge on any atom is 0.0948 e. The Morgan fingerprint density at radius 2 is 2.14 bits per heavy atom. The summed E-state index contributed by atoms with van der Waals surface area (Å²) in [5, 5.41) is 1.44. The molecule has 0 spiro atoms. The lowest BCUT2D eigenvalue weighted by molar-refractivity contribution is 0.483. The smallest absolute Gasteiger partial charge is 0.0948 e. The summed E-state index contributed by atoms with van der Waals surface area (Å²) in [6.45, 7) is 2.24. The molecule has 0 saturated carbocycles. The molecule has 2 aromatic rings. The van der Waals surface area contributed by atoms with Crippen molar-refractivity contribution < 1.29 is 0 Å². The van der Waals surface area contributed by atoms with Crippen molar-refractivity contribution in [1.82, 2.24) is 9.55 Å². The van der Waals surface area contributed by atoms with Crippen LogP contribution in [-0.2, 0) is 5.75 Å². The Bertz CT molecular complexity index is 558. The number of hydrogen-bond donors (Lipinski definition) is 0. The summed E-state index contributed by atoms with van der Waals surface area (Å²) in [4.78, 5) is 4.18. The van der Waals surface area contributed by atoms with Crippen LogP contribution >= 0.6 is 35.0 Å². The van der Waals surface area contributed by atoms with E-state index in [-0.39, 0.29) is 0 Å². The highest BCUT2D eigenvalue weighted by Crippen LogP contribution is 2.27. The van der Waals surface area contributed by atoms with Crippen molar-refractivity contribution in [2.24, 2.45) is 0 Å². The van der Waals surface area contributed by atoms with Crippen LogP contribution in [0.15, 0.2) is 36.9 Å². The van der Waals surface area contributed by atoms with Crippen LogP contribution in [0.25, 0.3) is 0 Å². The minimum Gasteiger partial charge on any atom is -0.334 e. The molecule has 1 aromatic heterocycles. The van der Waals surface area contributed by atoms with E-state index in [2.05, 4.69) is 22.7 Å². The second-order valence-corrected chi connectivity index (χ2v) is 7.28. The summed E-state index contributed by atoms with van der Waals surface area (Å²) in [5.74, 6) is 1.98. The number of halogens is 2. The van der Waals surface area contributed by atoms with Gasteiger partial charge in [-0.05, 0) is 24.1 Å². The summed E-state index contributed by atoms with van der Waals surface area (Å²) in [6, 6.07) is 6.23. The summed E-state index contributed by atoms with van der Waals surface area (Å²) >= 11 is 14.1. The largest absolute Gasteiger partial charge is 0.334 e. The zero-order valence-electron chi connectivity index (χ0n) is 12.8. The predicted octanol–water partition coefficient (Wildman–Crippen LogP) is 6.24. The van der Waals surface area contributed by atoms with E-state index in [9.17, 15) is 0 Å². The first-order chi connectivity index (χ1) is 10.7. The van der Waals surface area contributed by atoms with Crippen LogP contribution in [-0.4, -0.2) is 15.3 Å². The van der Waals surface area contributed by atoms with Crippen LogP contribution in [0.5, 0.6) is 0 Å². The van der Waals surface area contributed by atoms with Gasteiger partial charge in [0.25, 0.3) is 0 Å². The third-order valence-corrected chi connectivity index (χ3v) is 5.39. The van der Waals surface area contributed by atoms with E-state index < -0.39 is 0 Å². The van der Waals surface area contributed by atoms with Crippen LogP contribution in [0.1, 0.15) is 44.2 Å². The standard InChI is InChI=1S/C17H22Cl2N2S/c1-2-3-4-5-16(21-9-8-20-13-21)12-22-11-14-6-7-15(18)10-17(14)19/h6-10,13,16H,2-5,11-12H2,1H3. The molecule has 1 unspecified atom stereocenters. The van der Waals surface area contributed by atoms with Gasteiger partial charge in [0.2, 0.25) is 0 Å². The molecule has 2 nitrogen and oxygen atoms in total. The number of hydrogen-bond acceptors (Lipinski definition) is 2. The molecule has 0 aliphatic rings. The molecule has 0 aliphatic heterocycles. The summed E-state index contributed by atoms with van der Waals surface area (Å²) in [6.07, 6.45) is 10.8. The average Bonchev–Trinajstić information content (AvgIpc) is 3.02. The number of benzene rings is 1. The molecule has 0 fully saturated rings. The molecule has 0 saturated heterocycles. The van der Waals surface area contributed by atoms with Crippen molar-refractivity contribution in [3.05, 3.63) is 52.5 Å². The van der Waals surface area contributed by atoms with Crippen LogP contribution in [0.4, 0.5) is 0 Å². The molecular weight excluding hydrogens is 335 g/mol. The van der Waals surface area contributed by atoms with Gasteiger partial charge in [-0.2, -0.15) is 11.8 Å². The first-order valence-electron chi connectivity index (χ1n) is 7.69. The molecular formula is C17H22Cl2N2S. The Morgan fingerprint density at radius 1 is 1.27 bits per heavy atom. The van der Waals surface area contributed by atoms with E-state index in [1.807, 2.05) is 42.5 Å². The van der Waals surface area contributed by atoms with Gasteiger partial charge in [0, 0.05) is 40.0 Å². The fourth-order valence-corrected chi connectivity index (χ4v) is 4.13. The molecule has 0 bridgehead atoms. The lowest BCUT2D eigenvalue weighted by Gasteiger charge is -2.18. The molecule has 22 heavy (non-hydrogen) atoms. The van der Waals surface area contributed by atoms with Gasteiger partial charge in [0.15, 0.2) is 0 Å². The molecule has 1 heterocycles. The Hall–Kier alpha value is -0.640. The normalized spacial score (nSPS) is 12.5. The van der Waals surface area contributed by atoms with Crippen LogP contribution in [0, 0.1) is 0 Å². The van der Waals surface area contributed by atoms with E-state index in [0.717, 1.165) is 22.1 Å². The molecule has 5 heteroatoms. The maximum atomic E-state index is 6.23. The average molecular weight is 357 g/mol. The molecule has 1 atom stereocenters. The minimum absolute atomic E-state index is 0.505. The highest BCUT2D eigenvalue weighted by atomic mass is 35.5. The zero-order valence-corrected chi connectivity index (χ0v) is 15.2. The number of imidazole rings is 1. The predicted molar refractivity (Wildman–Crippen MR) is 98.0 cm³/mol. The lowest BCUT2D eigenvalue weighted by atomic mass is 10.1. The Kier molecular flexibility index (Phi) is 7.64. The fourth-order valence-electron chi connectivity index (χ4n) is 2.38. The van der Waals surface area contributed by atoms with E-state index in [4.69, 9.17) is 23.2 Å². The third-order valence-electron chi connectivity index (χ3n) is 3.67. The monoisotopic (exact) mass is 356 g/mol. The van der Waals surface area contributed by atoms with Gasteiger partial charge >= 0.3 is 0 Å². The highest BCUT2D eigenvalue weighted by Gasteiger charge is 2.11. The van der Waals surface area contributed by atoms with E-state index in [1.165, 1.54) is 25.7 Å². The fraction of sp³-hybridized carbons (Fsp3) is 0.471. The van der Waals surface area contributed by atoms with Gasteiger partial charge in [-0.15, -0.1) is 0 Å². The Balaban J connectivity index is 1.87. The van der Waals surface area contributed by atoms with Crippen molar-refractivity contribution in [1.29, 1.82) is 0 Å². The number of unbranched alkanes of at least 4 members (excludes halogenated alkanes) is 2. The number of nitrogens with zero attached hydrogens (tertiary/aromatic N) is 2. The maximum absolute atomic E-state index is 6.23. The summed E-state index contributed by atoms with van der Waals surface area (Å²) < 4.78 is 2.23. The van der Waals surface area contributed by atoms with Crippen LogP contribution in [0.2, 0.25) is 10.0 Å². The van der Waals surface area contributed by atoms with Gasteiger partial charge in [-0.1, -0.05) is 55.5 Å². The van der Waals surface area contributed by atoms with Crippen molar-refractivity contribution in [3.63, 3.8) is 0 Å². The SMILES string of the molecule is CCCCCC(CSCc1ccc(Cl)cc1Cl)n1ccnc1. The van der Waals surface area contributed by atoms with E-state index in [1.54, 1.807) is 0 Å². The quantitative estimate of drug-likeness (QED) is 0.494. The number of thioether (sulfide) groups is 1. The number of rotatable bonds is 9. The lowest BCUT2D eigenvalue weighted by Crippen LogP contribution is -2.10. The first kappa shape index (κ1) is 17.7. The van der Waals surface area contributed by atoms with Crippen LogP contribution < -0.4 is 0 Å². The van der Waals surface area contributed by atoms with E-state index >= 15 is 0 Å². The van der Waals surface area contributed by atoms with Crippen molar-refractivity contribution >= 4 is 35.0 Å². The summed E-state index contributed by atoms with van der Waals surface area (Å²) in [7, 11) is 0. The first-order valence-corrected chi connectivity index (χ1v) is 9.61.